The molecule has 8 aromatic carbocycles. The number of hydrogen-bond donors (Lipinski definition) is 0. The van der Waals surface area contributed by atoms with Crippen LogP contribution in [0.5, 0.6) is 0 Å². The molecule has 246 valence electrons. The zero-order valence-corrected chi connectivity index (χ0v) is 28.6. The van der Waals surface area contributed by atoms with Gasteiger partial charge in [0.15, 0.2) is 17.5 Å². The highest BCUT2D eigenvalue weighted by Gasteiger charge is 2.27. The lowest BCUT2D eigenvalue weighted by Crippen LogP contribution is -2.01. The lowest BCUT2D eigenvalue weighted by atomic mass is 9.93. The van der Waals surface area contributed by atoms with Gasteiger partial charge in [0.25, 0.3) is 0 Å². The number of para-hydroxylation sites is 2. The van der Waals surface area contributed by atoms with Crippen LogP contribution in [-0.4, -0.2) is 19.5 Å². The summed E-state index contributed by atoms with van der Waals surface area (Å²) in [6.07, 6.45) is 0. The van der Waals surface area contributed by atoms with Crippen molar-refractivity contribution in [2.45, 2.75) is 0 Å². The fraction of sp³-hybridized carbons (Fsp3) is 0. The van der Waals surface area contributed by atoms with Gasteiger partial charge in [0, 0.05) is 38.7 Å². The van der Waals surface area contributed by atoms with Crippen LogP contribution in [0.25, 0.3) is 106 Å². The first-order valence-corrected chi connectivity index (χ1v) is 18.0. The maximum absolute atomic E-state index is 5.29. The summed E-state index contributed by atoms with van der Waals surface area (Å²) in [7, 11) is 0. The number of nitrogens with zero attached hydrogens (tertiary/aromatic N) is 4. The van der Waals surface area contributed by atoms with E-state index in [0.29, 0.717) is 17.5 Å². The molecule has 1 aliphatic carbocycles. The van der Waals surface area contributed by atoms with E-state index in [1.165, 1.54) is 44.0 Å². The summed E-state index contributed by atoms with van der Waals surface area (Å²) in [4.78, 5) is 15.6. The van der Waals surface area contributed by atoms with Crippen LogP contribution in [0.4, 0.5) is 0 Å². The minimum absolute atomic E-state index is 0.644. The molecule has 0 spiro atoms. The maximum atomic E-state index is 5.29. The van der Waals surface area contributed by atoms with E-state index in [-0.39, 0.29) is 0 Å². The molecule has 53 heavy (non-hydrogen) atoms. The molecule has 4 nitrogen and oxygen atoms in total. The van der Waals surface area contributed by atoms with Gasteiger partial charge in [-0.3, -0.25) is 0 Å². The summed E-state index contributed by atoms with van der Waals surface area (Å²) in [6, 6.07) is 64.3. The second kappa shape index (κ2) is 11.7. The Bertz CT molecular complexity index is 3040. The molecule has 2 aromatic heterocycles. The Balaban J connectivity index is 1.13. The molecule has 11 rings (SSSR count). The number of hydrogen-bond acceptors (Lipinski definition) is 3. The first-order chi connectivity index (χ1) is 26.3. The van der Waals surface area contributed by atoms with Crippen LogP contribution < -0.4 is 0 Å². The fourth-order valence-corrected chi connectivity index (χ4v) is 8.27. The Labute approximate surface area is 306 Å². The van der Waals surface area contributed by atoms with E-state index in [4.69, 9.17) is 15.0 Å². The number of benzene rings is 8. The van der Waals surface area contributed by atoms with E-state index in [9.17, 15) is 0 Å². The van der Waals surface area contributed by atoms with E-state index in [1.54, 1.807) is 0 Å². The summed E-state index contributed by atoms with van der Waals surface area (Å²) in [5.41, 5.74) is 13.6. The average molecular weight is 675 g/mol. The molecule has 0 fully saturated rings. The van der Waals surface area contributed by atoms with Crippen LogP contribution in [0.15, 0.2) is 182 Å². The average Bonchev–Trinajstić information content (AvgIpc) is 3.75. The van der Waals surface area contributed by atoms with Crippen LogP contribution >= 0.6 is 0 Å². The number of fused-ring (bicyclic) bond motifs is 6. The third kappa shape index (κ3) is 4.59. The van der Waals surface area contributed by atoms with Crippen molar-refractivity contribution in [3.8, 4) is 73.2 Å². The summed E-state index contributed by atoms with van der Waals surface area (Å²) in [5.74, 6) is 1.95. The molecular formula is C49H30N4. The molecule has 0 bridgehead atoms. The Morgan fingerprint density at radius 1 is 0.321 bits per heavy atom. The standard InChI is InChI=1S/C49H30N4/c1-4-14-31(15-5-1)35-27-28-40-45-37(35)21-12-22-38(45)39-23-13-24-41(46(39)40)49-51-47(32-16-6-2-7-17-32)50-48(52-49)33-26-29-44-42(30-33)36-20-10-11-25-43(36)53(44)34-18-8-3-9-19-34/h1-30H. The van der Waals surface area contributed by atoms with Gasteiger partial charge in [-0.05, 0) is 75.0 Å². The number of aromatic nitrogens is 4. The summed E-state index contributed by atoms with van der Waals surface area (Å²) in [5, 5.41) is 4.86. The van der Waals surface area contributed by atoms with E-state index in [0.717, 1.165) is 44.4 Å². The molecule has 0 aliphatic heterocycles. The third-order valence-corrected chi connectivity index (χ3v) is 10.6. The SMILES string of the molecule is c1ccc(-c2nc(-c3ccc4c(c3)c3ccccc3n4-c3ccccc3)nc(-c3cccc4c3-c3ccc(-c5ccccc5)c5cccc-4c35)n2)cc1. The quantitative estimate of drug-likeness (QED) is 0.182. The van der Waals surface area contributed by atoms with E-state index >= 15 is 0 Å². The molecule has 0 atom stereocenters. The zero-order chi connectivity index (χ0) is 34.9. The summed E-state index contributed by atoms with van der Waals surface area (Å²) in [6.45, 7) is 0. The molecule has 4 heteroatoms. The van der Waals surface area contributed by atoms with Crippen molar-refractivity contribution in [3.63, 3.8) is 0 Å². The van der Waals surface area contributed by atoms with E-state index in [2.05, 4.69) is 168 Å². The van der Waals surface area contributed by atoms with Gasteiger partial charge in [-0.1, -0.05) is 146 Å². The molecule has 0 saturated heterocycles. The van der Waals surface area contributed by atoms with Crippen molar-refractivity contribution < 1.29 is 0 Å². The van der Waals surface area contributed by atoms with Crippen LogP contribution in [0.2, 0.25) is 0 Å². The van der Waals surface area contributed by atoms with Gasteiger partial charge < -0.3 is 4.57 Å². The van der Waals surface area contributed by atoms with Crippen LogP contribution in [0, 0.1) is 0 Å². The zero-order valence-electron chi connectivity index (χ0n) is 28.6. The predicted molar refractivity (Wildman–Crippen MR) is 218 cm³/mol. The minimum atomic E-state index is 0.644. The third-order valence-electron chi connectivity index (χ3n) is 10.6. The van der Waals surface area contributed by atoms with Gasteiger partial charge in [0.2, 0.25) is 0 Å². The van der Waals surface area contributed by atoms with Crippen molar-refractivity contribution in [2.75, 3.05) is 0 Å². The summed E-state index contributed by atoms with van der Waals surface area (Å²) >= 11 is 0. The lowest BCUT2D eigenvalue weighted by Gasteiger charge is -2.13. The normalized spacial score (nSPS) is 11.8. The van der Waals surface area contributed by atoms with Crippen molar-refractivity contribution in [1.82, 2.24) is 19.5 Å². The molecule has 0 amide bonds. The Kier molecular flexibility index (Phi) is 6.52. The first kappa shape index (κ1) is 29.5. The molecule has 0 saturated carbocycles. The Hall–Kier alpha value is -7.17. The number of rotatable bonds is 5. The van der Waals surface area contributed by atoms with Crippen LogP contribution in [-0.2, 0) is 0 Å². The molecule has 2 heterocycles. The molecule has 0 N–H and O–H groups in total. The largest absolute Gasteiger partial charge is 0.309 e. The minimum Gasteiger partial charge on any atom is -0.309 e. The van der Waals surface area contributed by atoms with Gasteiger partial charge in [-0.2, -0.15) is 0 Å². The Morgan fingerprint density at radius 2 is 0.906 bits per heavy atom. The molecule has 0 unspecified atom stereocenters. The van der Waals surface area contributed by atoms with Crippen molar-refractivity contribution in [2.24, 2.45) is 0 Å². The van der Waals surface area contributed by atoms with Crippen LogP contribution in [0.1, 0.15) is 0 Å². The molecule has 10 aromatic rings. The summed E-state index contributed by atoms with van der Waals surface area (Å²) < 4.78 is 2.33. The van der Waals surface area contributed by atoms with Crippen molar-refractivity contribution in [1.29, 1.82) is 0 Å². The van der Waals surface area contributed by atoms with E-state index in [1.807, 2.05) is 18.2 Å². The van der Waals surface area contributed by atoms with Gasteiger partial charge in [0.1, 0.15) is 0 Å². The van der Waals surface area contributed by atoms with Gasteiger partial charge >= 0.3 is 0 Å². The second-order valence-corrected chi connectivity index (χ2v) is 13.6. The van der Waals surface area contributed by atoms with E-state index < -0.39 is 0 Å². The maximum Gasteiger partial charge on any atom is 0.164 e. The van der Waals surface area contributed by atoms with Gasteiger partial charge in [-0.15, -0.1) is 0 Å². The van der Waals surface area contributed by atoms with Crippen LogP contribution in [0.3, 0.4) is 0 Å². The predicted octanol–water partition coefficient (Wildman–Crippen LogP) is 12.4. The van der Waals surface area contributed by atoms with Crippen molar-refractivity contribution >= 4 is 32.6 Å². The topological polar surface area (TPSA) is 43.6 Å². The highest BCUT2D eigenvalue weighted by molar-refractivity contribution is 6.20. The van der Waals surface area contributed by atoms with Gasteiger partial charge in [-0.25, -0.2) is 15.0 Å². The highest BCUT2D eigenvalue weighted by Crippen LogP contribution is 2.52. The highest BCUT2D eigenvalue weighted by atomic mass is 15.0. The molecular weight excluding hydrogens is 645 g/mol. The smallest absolute Gasteiger partial charge is 0.164 e. The monoisotopic (exact) mass is 674 g/mol. The molecule has 0 radical (unpaired) electrons. The molecule has 1 aliphatic rings. The van der Waals surface area contributed by atoms with Gasteiger partial charge in [0.05, 0.1) is 11.0 Å². The lowest BCUT2D eigenvalue weighted by molar-refractivity contribution is 1.07. The Morgan fingerprint density at radius 3 is 1.72 bits per heavy atom. The van der Waals surface area contributed by atoms with Crippen molar-refractivity contribution in [3.05, 3.63) is 182 Å². The second-order valence-electron chi connectivity index (χ2n) is 13.6. The first-order valence-electron chi connectivity index (χ1n) is 18.0. The fourth-order valence-electron chi connectivity index (χ4n) is 8.27.